The number of hydrogen-bond acceptors (Lipinski definition) is 3. The fraction of sp³-hybridized carbons (Fsp3) is 0.176. The van der Waals surface area contributed by atoms with Crippen LogP contribution in [-0.2, 0) is 0 Å². The minimum atomic E-state index is 0.0252. The summed E-state index contributed by atoms with van der Waals surface area (Å²) in [6.45, 7) is 4.25. The minimum Gasteiger partial charge on any atom is -0.271 e. The number of fused-ring (bicyclic) bond motifs is 1. The van der Waals surface area contributed by atoms with Crippen LogP contribution in [0.5, 0.6) is 0 Å². The van der Waals surface area contributed by atoms with E-state index in [9.17, 15) is 0 Å². The fourth-order valence-electron chi connectivity index (χ4n) is 2.66. The normalized spacial score (nSPS) is 12.8. The minimum absolute atomic E-state index is 0.0252. The first kappa shape index (κ1) is 13.3. The van der Waals surface area contributed by atoms with E-state index in [4.69, 9.17) is 5.84 Å². The van der Waals surface area contributed by atoms with Crippen LogP contribution >= 0.6 is 11.3 Å². The second-order valence-electron chi connectivity index (χ2n) is 5.15. The van der Waals surface area contributed by atoms with Crippen LogP contribution in [0, 0.1) is 13.8 Å². The van der Waals surface area contributed by atoms with Crippen LogP contribution in [0.1, 0.15) is 28.3 Å². The molecule has 1 unspecified atom stereocenters. The van der Waals surface area contributed by atoms with E-state index in [2.05, 4.69) is 67.1 Å². The van der Waals surface area contributed by atoms with E-state index in [-0.39, 0.29) is 6.04 Å². The topological polar surface area (TPSA) is 38.0 Å². The SMILES string of the molecule is Cc1ccc(C)c(C(NN)c2cccc3ccsc23)c1. The van der Waals surface area contributed by atoms with Gasteiger partial charge in [0.15, 0.2) is 0 Å². The molecule has 3 heteroatoms. The van der Waals surface area contributed by atoms with Gasteiger partial charge in [0.2, 0.25) is 0 Å². The first-order chi connectivity index (χ1) is 9.70. The van der Waals surface area contributed by atoms with E-state index < -0.39 is 0 Å². The Morgan fingerprint density at radius 2 is 1.90 bits per heavy atom. The number of nitrogens with two attached hydrogens (primary N) is 1. The summed E-state index contributed by atoms with van der Waals surface area (Å²) in [5, 5.41) is 3.41. The molecule has 0 spiro atoms. The molecule has 1 heterocycles. The number of nitrogens with one attached hydrogen (secondary N) is 1. The summed E-state index contributed by atoms with van der Waals surface area (Å²) >= 11 is 1.77. The standard InChI is InChI=1S/C17H18N2S/c1-11-6-7-12(2)15(10-11)16(19-18)14-5-3-4-13-8-9-20-17(13)14/h3-10,16,19H,18H2,1-2H3. The van der Waals surface area contributed by atoms with Gasteiger partial charge in [-0.25, -0.2) is 5.43 Å². The van der Waals surface area contributed by atoms with Crippen molar-refractivity contribution in [1.82, 2.24) is 5.43 Å². The van der Waals surface area contributed by atoms with Gasteiger partial charge in [-0.3, -0.25) is 5.84 Å². The second-order valence-corrected chi connectivity index (χ2v) is 6.06. The van der Waals surface area contributed by atoms with Crippen LogP contribution in [0.2, 0.25) is 0 Å². The second kappa shape index (κ2) is 5.37. The zero-order valence-electron chi connectivity index (χ0n) is 11.7. The number of benzene rings is 2. The number of hydrazine groups is 1. The predicted molar refractivity (Wildman–Crippen MR) is 86.9 cm³/mol. The van der Waals surface area contributed by atoms with Gasteiger partial charge in [-0.05, 0) is 47.4 Å². The quantitative estimate of drug-likeness (QED) is 0.561. The average Bonchev–Trinajstić information content (AvgIpc) is 2.92. The maximum atomic E-state index is 5.87. The van der Waals surface area contributed by atoms with Crippen LogP contribution in [0.15, 0.2) is 47.8 Å². The van der Waals surface area contributed by atoms with Gasteiger partial charge in [0.25, 0.3) is 0 Å². The van der Waals surface area contributed by atoms with Crippen molar-refractivity contribution in [2.24, 2.45) is 5.84 Å². The third-order valence-corrected chi connectivity index (χ3v) is 4.71. The molecule has 1 atom stereocenters. The van der Waals surface area contributed by atoms with Gasteiger partial charge in [0.1, 0.15) is 0 Å². The number of hydrogen-bond donors (Lipinski definition) is 2. The summed E-state index contributed by atoms with van der Waals surface area (Å²) < 4.78 is 1.30. The van der Waals surface area contributed by atoms with Gasteiger partial charge < -0.3 is 0 Å². The van der Waals surface area contributed by atoms with Crippen LogP contribution in [-0.4, -0.2) is 0 Å². The molecular formula is C17H18N2S. The predicted octanol–water partition coefficient (Wildman–Crippen LogP) is 4.07. The van der Waals surface area contributed by atoms with E-state index in [1.54, 1.807) is 11.3 Å². The molecule has 0 saturated heterocycles. The number of thiophene rings is 1. The molecule has 0 amide bonds. The van der Waals surface area contributed by atoms with Crippen molar-refractivity contribution in [3.8, 4) is 0 Å². The van der Waals surface area contributed by atoms with Crippen molar-refractivity contribution in [3.05, 3.63) is 70.1 Å². The van der Waals surface area contributed by atoms with Crippen molar-refractivity contribution in [1.29, 1.82) is 0 Å². The smallest absolute Gasteiger partial charge is 0.0726 e. The average molecular weight is 282 g/mol. The maximum Gasteiger partial charge on any atom is 0.0726 e. The third-order valence-electron chi connectivity index (χ3n) is 3.73. The van der Waals surface area contributed by atoms with Gasteiger partial charge in [-0.1, -0.05) is 42.0 Å². The summed E-state index contributed by atoms with van der Waals surface area (Å²) in [6, 6.07) is 15.1. The Morgan fingerprint density at radius 1 is 1.05 bits per heavy atom. The highest BCUT2D eigenvalue weighted by atomic mass is 32.1. The highest BCUT2D eigenvalue weighted by molar-refractivity contribution is 7.17. The van der Waals surface area contributed by atoms with Crippen LogP contribution < -0.4 is 11.3 Å². The van der Waals surface area contributed by atoms with Crippen LogP contribution in [0.3, 0.4) is 0 Å². The van der Waals surface area contributed by atoms with Crippen LogP contribution in [0.25, 0.3) is 10.1 Å². The van der Waals surface area contributed by atoms with E-state index in [1.165, 1.54) is 32.3 Å². The largest absolute Gasteiger partial charge is 0.271 e. The summed E-state index contributed by atoms with van der Waals surface area (Å²) in [5.41, 5.74) is 7.99. The van der Waals surface area contributed by atoms with Gasteiger partial charge in [0, 0.05) is 4.70 Å². The Morgan fingerprint density at radius 3 is 2.70 bits per heavy atom. The Labute approximate surface area is 123 Å². The first-order valence-corrected chi connectivity index (χ1v) is 7.58. The highest BCUT2D eigenvalue weighted by Crippen LogP contribution is 2.33. The zero-order chi connectivity index (χ0) is 14.1. The van der Waals surface area contributed by atoms with Crippen molar-refractivity contribution >= 4 is 21.4 Å². The molecule has 0 saturated carbocycles. The Bertz CT molecular complexity index is 746. The molecule has 1 aromatic heterocycles. The lowest BCUT2D eigenvalue weighted by atomic mass is 9.93. The van der Waals surface area contributed by atoms with Crippen molar-refractivity contribution in [2.75, 3.05) is 0 Å². The van der Waals surface area contributed by atoms with Crippen molar-refractivity contribution in [2.45, 2.75) is 19.9 Å². The van der Waals surface area contributed by atoms with E-state index in [0.717, 1.165) is 0 Å². The Hall–Kier alpha value is -1.68. The molecule has 3 rings (SSSR count). The molecule has 20 heavy (non-hydrogen) atoms. The molecule has 0 radical (unpaired) electrons. The van der Waals surface area contributed by atoms with Gasteiger partial charge >= 0.3 is 0 Å². The molecule has 0 aliphatic carbocycles. The Balaban J connectivity index is 2.19. The van der Waals surface area contributed by atoms with Crippen LogP contribution in [0.4, 0.5) is 0 Å². The molecule has 0 aliphatic heterocycles. The maximum absolute atomic E-state index is 5.87. The molecule has 2 nitrogen and oxygen atoms in total. The number of rotatable bonds is 3. The number of aryl methyl sites for hydroxylation is 2. The van der Waals surface area contributed by atoms with Gasteiger partial charge in [-0.15, -0.1) is 11.3 Å². The molecule has 3 N–H and O–H groups in total. The highest BCUT2D eigenvalue weighted by Gasteiger charge is 2.17. The Kier molecular flexibility index (Phi) is 3.57. The molecule has 0 aliphatic rings. The molecule has 2 aromatic carbocycles. The van der Waals surface area contributed by atoms with E-state index in [0.29, 0.717) is 0 Å². The zero-order valence-corrected chi connectivity index (χ0v) is 12.5. The first-order valence-electron chi connectivity index (χ1n) is 6.70. The summed E-state index contributed by atoms with van der Waals surface area (Å²) in [6.07, 6.45) is 0. The summed E-state index contributed by atoms with van der Waals surface area (Å²) in [7, 11) is 0. The van der Waals surface area contributed by atoms with Gasteiger partial charge in [-0.2, -0.15) is 0 Å². The molecular weight excluding hydrogens is 264 g/mol. The van der Waals surface area contributed by atoms with Crippen molar-refractivity contribution in [3.63, 3.8) is 0 Å². The monoisotopic (exact) mass is 282 g/mol. The molecule has 102 valence electrons. The third kappa shape index (κ3) is 2.24. The van der Waals surface area contributed by atoms with E-state index in [1.807, 2.05) is 0 Å². The van der Waals surface area contributed by atoms with E-state index >= 15 is 0 Å². The van der Waals surface area contributed by atoms with Gasteiger partial charge in [0.05, 0.1) is 6.04 Å². The fourth-order valence-corrected chi connectivity index (χ4v) is 3.61. The summed E-state index contributed by atoms with van der Waals surface area (Å²) in [5.74, 6) is 5.87. The molecule has 3 aromatic rings. The lowest BCUT2D eigenvalue weighted by molar-refractivity contribution is 0.638. The molecule has 0 fully saturated rings. The summed E-state index contributed by atoms with van der Waals surface area (Å²) in [4.78, 5) is 0. The molecule has 0 bridgehead atoms. The lowest BCUT2D eigenvalue weighted by Gasteiger charge is -2.20. The lowest BCUT2D eigenvalue weighted by Crippen LogP contribution is -2.29. The van der Waals surface area contributed by atoms with Crippen molar-refractivity contribution < 1.29 is 0 Å².